The van der Waals surface area contributed by atoms with Gasteiger partial charge in [-0.25, -0.2) is 9.59 Å². The number of hydrogen-bond donors (Lipinski definition) is 1. The minimum atomic E-state index is -0.803. The van der Waals surface area contributed by atoms with Gasteiger partial charge in [-0.05, 0) is 12.0 Å². The zero-order valence-corrected chi connectivity index (χ0v) is 16.2. The molecule has 0 heterocycles. The molecule has 0 saturated carbocycles. The summed E-state index contributed by atoms with van der Waals surface area (Å²) in [6.45, 7) is 2.41. The normalized spacial score (nSPS) is 11.3. The summed E-state index contributed by atoms with van der Waals surface area (Å²) in [4.78, 5) is 24.2. The molecule has 0 aliphatic rings. The number of alkyl carbamates (subject to hydrolysis) is 1. The number of rotatable bonds is 13. The highest BCUT2D eigenvalue weighted by atomic mass is 16.6. The van der Waals surface area contributed by atoms with Crippen molar-refractivity contribution in [2.45, 2.75) is 64.3 Å². The van der Waals surface area contributed by atoms with E-state index in [2.05, 4.69) is 18.2 Å². The van der Waals surface area contributed by atoms with Crippen LogP contribution in [0.25, 0.3) is 0 Å². The zero-order valence-electron chi connectivity index (χ0n) is 16.2. The van der Waals surface area contributed by atoms with Crippen LogP contribution in [0.15, 0.2) is 30.3 Å². The number of ether oxygens (including phenoxy) is 2. The molecular formula is C22H31NO4. The minimum absolute atomic E-state index is 0.142. The summed E-state index contributed by atoms with van der Waals surface area (Å²) in [5.41, 5.74) is 0.924. The third-order valence-corrected chi connectivity index (χ3v) is 4.14. The second-order valence-electron chi connectivity index (χ2n) is 6.46. The highest BCUT2D eigenvalue weighted by Crippen LogP contribution is 2.08. The van der Waals surface area contributed by atoms with Gasteiger partial charge in [0.2, 0.25) is 0 Å². The Morgan fingerprint density at radius 2 is 1.70 bits per heavy atom. The van der Waals surface area contributed by atoms with Gasteiger partial charge < -0.3 is 14.8 Å². The monoisotopic (exact) mass is 373 g/mol. The molecule has 0 spiro atoms. The maximum atomic E-state index is 12.4. The average Bonchev–Trinajstić information content (AvgIpc) is 2.68. The van der Waals surface area contributed by atoms with E-state index in [1.54, 1.807) is 0 Å². The molecule has 5 nitrogen and oxygen atoms in total. The molecule has 0 aliphatic carbocycles. The number of amides is 1. The maximum Gasteiger partial charge on any atom is 0.408 e. The van der Waals surface area contributed by atoms with Gasteiger partial charge in [0.05, 0.1) is 6.61 Å². The molecule has 1 N–H and O–H groups in total. The van der Waals surface area contributed by atoms with Crippen LogP contribution in [-0.4, -0.2) is 31.3 Å². The number of esters is 1. The predicted octanol–water partition coefficient (Wildman–Crippen LogP) is 4.25. The van der Waals surface area contributed by atoms with Crippen molar-refractivity contribution in [2.24, 2.45) is 0 Å². The van der Waals surface area contributed by atoms with Gasteiger partial charge in [-0.2, -0.15) is 0 Å². The Kier molecular flexibility index (Phi) is 12.3. The fourth-order valence-corrected chi connectivity index (χ4v) is 2.67. The smallest absolute Gasteiger partial charge is 0.408 e. The molecule has 1 aromatic rings. The summed E-state index contributed by atoms with van der Waals surface area (Å²) in [5.74, 6) is 1.76. The molecule has 0 radical (unpaired) electrons. The molecular weight excluding hydrogens is 342 g/mol. The Balaban J connectivity index is 2.42. The van der Waals surface area contributed by atoms with Crippen LogP contribution >= 0.6 is 0 Å². The van der Waals surface area contributed by atoms with Crippen LogP contribution in [0.1, 0.15) is 57.4 Å². The van der Waals surface area contributed by atoms with Gasteiger partial charge in [-0.1, -0.05) is 81.7 Å². The molecule has 0 bridgehead atoms. The molecule has 1 amide bonds. The SMILES string of the molecule is C#CCOC(=O)NC(Cc1ccccc1)C(=O)OCCCCCCCCC. The van der Waals surface area contributed by atoms with Crippen molar-refractivity contribution in [2.75, 3.05) is 13.2 Å². The van der Waals surface area contributed by atoms with Crippen molar-refractivity contribution in [3.05, 3.63) is 35.9 Å². The van der Waals surface area contributed by atoms with Crippen molar-refractivity contribution in [3.63, 3.8) is 0 Å². The van der Waals surface area contributed by atoms with Crippen LogP contribution in [0.3, 0.4) is 0 Å². The van der Waals surface area contributed by atoms with E-state index in [1.807, 2.05) is 30.3 Å². The average molecular weight is 373 g/mol. The lowest BCUT2D eigenvalue weighted by molar-refractivity contribution is -0.146. The van der Waals surface area contributed by atoms with Crippen molar-refractivity contribution < 1.29 is 19.1 Å². The first-order valence-corrected chi connectivity index (χ1v) is 9.74. The summed E-state index contributed by atoms with van der Waals surface area (Å²) in [6.07, 6.45) is 12.7. The molecule has 0 aromatic heterocycles. The molecule has 5 heteroatoms. The van der Waals surface area contributed by atoms with Crippen LogP contribution in [-0.2, 0) is 20.7 Å². The second kappa shape index (κ2) is 14.7. The van der Waals surface area contributed by atoms with E-state index in [-0.39, 0.29) is 6.61 Å². The van der Waals surface area contributed by atoms with E-state index in [1.165, 1.54) is 25.7 Å². The van der Waals surface area contributed by atoms with E-state index in [9.17, 15) is 9.59 Å². The van der Waals surface area contributed by atoms with E-state index in [4.69, 9.17) is 15.9 Å². The van der Waals surface area contributed by atoms with Gasteiger partial charge in [0.25, 0.3) is 0 Å². The Labute approximate surface area is 162 Å². The summed E-state index contributed by atoms with van der Waals surface area (Å²) in [7, 11) is 0. The summed E-state index contributed by atoms with van der Waals surface area (Å²) < 4.78 is 10.2. The number of carbonyl (C=O) groups is 2. The fraction of sp³-hybridized carbons (Fsp3) is 0.545. The number of carbonyl (C=O) groups excluding carboxylic acids is 2. The predicted molar refractivity (Wildman–Crippen MR) is 106 cm³/mol. The number of hydrogen-bond acceptors (Lipinski definition) is 4. The molecule has 0 fully saturated rings. The number of unbranched alkanes of at least 4 members (excludes halogenated alkanes) is 6. The number of terminal acetylenes is 1. The Morgan fingerprint density at radius 1 is 1.04 bits per heavy atom. The molecule has 1 unspecified atom stereocenters. The van der Waals surface area contributed by atoms with E-state index in [0.29, 0.717) is 13.0 Å². The summed E-state index contributed by atoms with van der Waals surface area (Å²) in [6, 6.07) is 8.64. The zero-order chi connectivity index (χ0) is 19.7. The summed E-state index contributed by atoms with van der Waals surface area (Å²) >= 11 is 0. The first-order chi connectivity index (χ1) is 13.2. The fourth-order valence-electron chi connectivity index (χ4n) is 2.67. The standard InChI is InChI=1S/C22H31NO4/c1-3-5-6-7-8-9-13-17-26-21(24)20(23-22(25)27-16-4-2)18-19-14-11-10-12-15-19/h2,10-12,14-15,20H,3,5-9,13,16-18H2,1H3,(H,23,25). The van der Waals surface area contributed by atoms with E-state index in [0.717, 1.165) is 24.8 Å². The lowest BCUT2D eigenvalue weighted by atomic mass is 10.1. The van der Waals surface area contributed by atoms with Gasteiger partial charge in [-0.15, -0.1) is 6.42 Å². The third-order valence-electron chi connectivity index (χ3n) is 4.14. The number of benzene rings is 1. The molecule has 0 aliphatic heterocycles. The van der Waals surface area contributed by atoms with Gasteiger partial charge >= 0.3 is 12.1 Å². The van der Waals surface area contributed by atoms with Crippen LogP contribution in [0.2, 0.25) is 0 Å². The van der Waals surface area contributed by atoms with Crippen molar-refractivity contribution in [3.8, 4) is 12.3 Å². The van der Waals surface area contributed by atoms with Crippen LogP contribution in [0.5, 0.6) is 0 Å². The van der Waals surface area contributed by atoms with Gasteiger partial charge in [0, 0.05) is 6.42 Å². The number of nitrogens with one attached hydrogen (secondary N) is 1. The molecule has 0 saturated heterocycles. The summed E-state index contributed by atoms with van der Waals surface area (Å²) in [5, 5.41) is 2.54. The van der Waals surface area contributed by atoms with Crippen LogP contribution in [0.4, 0.5) is 4.79 Å². The van der Waals surface area contributed by atoms with E-state index >= 15 is 0 Å². The van der Waals surface area contributed by atoms with Crippen LogP contribution in [0, 0.1) is 12.3 Å². The maximum absolute atomic E-state index is 12.4. The van der Waals surface area contributed by atoms with Gasteiger partial charge in [0.15, 0.2) is 6.61 Å². The van der Waals surface area contributed by atoms with Gasteiger partial charge in [-0.3, -0.25) is 0 Å². The quantitative estimate of drug-likeness (QED) is 0.319. The largest absolute Gasteiger partial charge is 0.464 e. The van der Waals surface area contributed by atoms with Gasteiger partial charge in [0.1, 0.15) is 6.04 Å². The first kappa shape index (κ1) is 22.6. The van der Waals surface area contributed by atoms with Crippen molar-refractivity contribution >= 4 is 12.1 Å². The Bertz CT molecular complexity index is 580. The molecule has 1 rings (SSSR count). The third kappa shape index (κ3) is 11.0. The highest BCUT2D eigenvalue weighted by Gasteiger charge is 2.23. The topological polar surface area (TPSA) is 64.6 Å². The lowest BCUT2D eigenvalue weighted by Crippen LogP contribution is -2.43. The molecule has 148 valence electrons. The first-order valence-electron chi connectivity index (χ1n) is 9.74. The molecule has 1 atom stereocenters. The highest BCUT2D eigenvalue weighted by molar-refractivity contribution is 5.81. The Hall–Kier alpha value is -2.48. The molecule has 1 aromatic carbocycles. The van der Waals surface area contributed by atoms with Crippen molar-refractivity contribution in [1.82, 2.24) is 5.32 Å². The van der Waals surface area contributed by atoms with E-state index < -0.39 is 18.1 Å². The second-order valence-corrected chi connectivity index (χ2v) is 6.46. The van der Waals surface area contributed by atoms with Crippen molar-refractivity contribution in [1.29, 1.82) is 0 Å². The Morgan fingerprint density at radius 3 is 2.37 bits per heavy atom. The van der Waals surface area contributed by atoms with Crippen LogP contribution < -0.4 is 5.32 Å². The minimum Gasteiger partial charge on any atom is -0.464 e. The lowest BCUT2D eigenvalue weighted by Gasteiger charge is -2.17. The molecule has 27 heavy (non-hydrogen) atoms.